The second kappa shape index (κ2) is 6.20. The van der Waals surface area contributed by atoms with Crippen molar-refractivity contribution in [1.82, 2.24) is 14.7 Å². The molecular weight excluding hydrogens is 293 g/mol. The van der Waals surface area contributed by atoms with Crippen LogP contribution in [0.15, 0.2) is 42.6 Å². The number of aryl methyl sites for hydroxylation is 2. The molecule has 3 aromatic rings. The number of benzene rings is 1. The van der Waals surface area contributed by atoms with Crippen molar-refractivity contribution in [1.29, 1.82) is 0 Å². The molecule has 0 saturated heterocycles. The van der Waals surface area contributed by atoms with Crippen molar-refractivity contribution in [2.24, 2.45) is 0 Å². The van der Waals surface area contributed by atoms with Gasteiger partial charge in [0.05, 0.1) is 5.69 Å². The van der Waals surface area contributed by atoms with E-state index in [1.54, 1.807) is 22.6 Å². The number of pyridine rings is 1. The van der Waals surface area contributed by atoms with Crippen LogP contribution in [-0.4, -0.2) is 15.3 Å². The molecule has 5 heteroatoms. The number of amides is 1. The molecule has 0 unspecified atom stereocenters. The van der Waals surface area contributed by atoms with Gasteiger partial charge in [-0.05, 0) is 31.0 Å². The molecule has 0 radical (unpaired) electrons. The van der Waals surface area contributed by atoms with Crippen molar-refractivity contribution in [2.45, 2.75) is 26.8 Å². The zero-order chi connectivity index (χ0) is 16.4. The first-order valence-electron chi connectivity index (χ1n) is 7.59. The molecule has 0 saturated carbocycles. The van der Waals surface area contributed by atoms with Gasteiger partial charge < -0.3 is 5.32 Å². The van der Waals surface area contributed by atoms with E-state index in [0.29, 0.717) is 17.7 Å². The van der Waals surface area contributed by atoms with Gasteiger partial charge in [-0.1, -0.05) is 31.2 Å². The number of fused-ring (bicyclic) bond motifs is 1. The van der Waals surface area contributed by atoms with Crippen molar-refractivity contribution in [2.75, 3.05) is 0 Å². The number of nitrogens with zero attached hydrogens (tertiary/aromatic N) is 2. The van der Waals surface area contributed by atoms with Gasteiger partial charge in [0.15, 0.2) is 0 Å². The molecular formula is C18H18FN3O. The highest BCUT2D eigenvalue weighted by Gasteiger charge is 2.18. The average Bonchev–Trinajstić information content (AvgIpc) is 2.91. The molecule has 1 amide bonds. The Morgan fingerprint density at radius 2 is 2.04 bits per heavy atom. The number of hydrogen-bond donors (Lipinski definition) is 1. The fourth-order valence-electron chi connectivity index (χ4n) is 2.59. The van der Waals surface area contributed by atoms with E-state index in [0.717, 1.165) is 16.9 Å². The summed E-state index contributed by atoms with van der Waals surface area (Å²) in [6.45, 7) is 4.07. The van der Waals surface area contributed by atoms with E-state index in [9.17, 15) is 9.18 Å². The summed E-state index contributed by atoms with van der Waals surface area (Å²) in [6.07, 6.45) is 2.54. The van der Waals surface area contributed by atoms with Crippen molar-refractivity contribution >= 4 is 11.6 Å². The predicted molar refractivity (Wildman–Crippen MR) is 86.9 cm³/mol. The lowest BCUT2D eigenvalue weighted by Crippen LogP contribution is -2.25. The Bertz CT molecular complexity index is 870. The Labute approximate surface area is 134 Å². The molecule has 4 nitrogen and oxygen atoms in total. The lowest BCUT2D eigenvalue weighted by Gasteiger charge is -2.08. The number of hydrogen-bond acceptors (Lipinski definition) is 2. The van der Waals surface area contributed by atoms with Gasteiger partial charge in [0.1, 0.15) is 17.2 Å². The van der Waals surface area contributed by atoms with Crippen LogP contribution in [0, 0.1) is 12.7 Å². The second-order valence-corrected chi connectivity index (χ2v) is 5.47. The van der Waals surface area contributed by atoms with Gasteiger partial charge in [-0.3, -0.25) is 9.20 Å². The molecule has 2 heterocycles. The highest BCUT2D eigenvalue weighted by atomic mass is 19.1. The van der Waals surface area contributed by atoms with Crippen LogP contribution in [-0.2, 0) is 13.0 Å². The Morgan fingerprint density at radius 1 is 1.26 bits per heavy atom. The van der Waals surface area contributed by atoms with Gasteiger partial charge in [0, 0.05) is 18.3 Å². The highest BCUT2D eigenvalue weighted by Crippen LogP contribution is 2.15. The molecule has 118 valence electrons. The standard InChI is InChI=1S/C18H18FN3O/c1-3-15-17(22-11-12(2)8-9-16(22)21-15)18(23)20-10-13-6-4-5-7-14(13)19/h4-9,11H,3,10H2,1-2H3,(H,20,23). The maximum Gasteiger partial charge on any atom is 0.270 e. The van der Waals surface area contributed by atoms with Crippen molar-refractivity contribution in [3.63, 3.8) is 0 Å². The average molecular weight is 311 g/mol. The Hall–Kier alpha value is -2.69. The van der Waals surface area contributed by atoms with E-state index in [1.165, 1.54) is 6.07 Å². The summed E-state index contributed by atoms with van der Waals surface area (Å²) in [5.74, 6) is -0.569. The molecule has 23 heavy (non-hydrogen) atoms. The quantitative estimate of drug-likeness (QED) is 0.804. The minimum absolute atomic E-state index is 0.147. The van der Waals surface area contributed by atoms with E-state index in [4.69, 9.17) is 0 Å². The fourth-order valence-corrected chi connectivity index (χ4v) is 2.59. The number of carbonyl (C=O) groups excluding carboxylic acids is 1. The number of rotatable bonds is 4. The van der Waals surface area contributed by atoms with Crippen LogP contribution in [0.25, 0.3) is 5.65 Å². The number of carbonyl (C=O) groups is 1. The third-order valence-electron chi connectivity index (χ3n) is 3.79. The van der Waals surface area contributed by atoms with E-state index in [2.05, 4.69) is 10.3 Å². The number of nitrogens with one attached hydrogen (secondary N) is 1. The van der Waals surface area contributed by atoms with Crippen LogP contribution >= 0.6 is 0 Å². The third kappa shape index (κ3) is 2.95. The number of aromatic nitrogens is 2. The topological polar surface area (TPSA) is 46.4 Å². The van der Waals surface area contributed by atoms with E-state index in [1.807, 2.05) is 32.2 Å². The normalized spacial score (nSPS) is 10.9. The summed E-state index contributed by atoms with van der Waals surface area (Å²) in [4.78, 5) is 17.1. The first kappa shape index (κ1) is 15.2. The van der Waals surface area contributed by atoms with Gasteiger partial charge in [0.2, 0.25) is 0 Å². The van der Waals surface area contributed by atoms with Gasteiger partial charge in [-0.15, -0.1) is 0 Å². The molecule has 3 rings (SSSR count). The van der Waals surface area contributed by atoms with Crippen LogP contribution in [0.3, 0.4) is 0 Å². The van der Waals surface area contributed by atoms with Crippen molar-refractivity contribution in [3.8, 4) is 0 Å². The zero-order valence-electron chi connectivity index (χ0n) is 13.1. The summed E-state index contributed by atoms with van der Waals surface area (Å²) >= 11 is 0. The summed E-state index contributed by atoms with van der Waals surface area (Å²) in [5, 5.41) is 2.79. The summed E-state index contributed by atoms with van der Waals surface area (Å²) < 4.78 is 15.5. The monoisotopic (exact) mass is 311 g/mol. The van der Waals surface area contributed by atoms with Gasteiger partial charge >= 0.3 is 0 Å². The van der Waals surface area contributed by atoms with Crippen LogP contribution in [0.1, 0.15) is 34.2 Å². The van der Waals surface area contributed by atoms with Crippen molar-refractivity contribution < 1.29 is 9.18 Å². The van der Waals surface area contributed by atoms with Gasteiger partial charge in [-0.25, -0.2) is 9.37 Å². The molecule has 0 aliphatic rings. The number of imidazole rings is 1. The summed E-state index contributed by atoms with van der Waals surface area (Å²) in [6, 6.07) is 10.3. The molecule has 2 aromatic heterocycles. The van der Waals surface area contributed by atoms with Crippen LogP contribution in [0.5, 0.6) is 0 Å². The third-order valence-corrected chi connectivity index (χ3v) is 3.79. The highest BCUT2D eigenvalue weighted by molar-refractivity contribution is 5.94. The Balaban J connectivity index is 1.91. The zero-order valence-corrected chi connectivity index (χ0v) is 13.1. The molecule has 1 N–H and O–H groups in total. The second-order valence-electron chi connectivity index (χ2n) is 5.47. The maximum atomic E-state index is 13.7. The predicted octanol–water partition coefficient (Wildman–Crippen LogP) is 3.27. The van der Waals surface area contributed by atoms with Crippen molar-refractivity contribution in [3.05, 3.63) is 70.9 Å². The number of halogens is 1. The minimum atomic E-state index is -0.322. The first-order chi connectivity index (χ1) is 11.1. The molecule has 0 bridgehead atoms. The van der Waals surface area contributed by atoms with Crippen LogP contribution < -0.4 is 5.32 Å². The van der Waals surface area contributed by atoms with Gasteiger partial charge in [-0.2, -0.15) is 0 Å². The largest absolute Gasteiger partial charge is 0.347 e. The minimum Gasteiger partial charge on any atom is -0.347 e. The maximum absolute atomic E-state index is 13.7. The summed E-state index contributed by atoms with van der Waals surface area (Å²) in [7, 11) is 0. The Kier molecular flexibility index (Phi) is 4.10. The van der Waals surface area contributed by atoms with Crippen LogP contribution in [0.4, 0.5) is 4.39 Å². The Morgan fingerprint density at radius 3 is 2.78 bits per heavy atom. The van der Waals surface area contributed by atoms with Crippen LogP contribution in [0.2, 0.25) is 0 Å². The molecule has 0 aliphatic carbocycles. The molecule has 0 atom stereocenters. The van der Waals surface area contributed by atoms with Gasteiger partial charge in [0.25, 0.3) is 5.91 Å². The van der Waals surface area contributed by atoms with E-state index < -0.39 is 0 Å². The summed E-state index contributed by atoms with van der Waals surface area (Å²) in [5.41, 5.74) is 3.50. The lowest BCUT2D eigenvalue weighted by atomic mass is 10.2. The SMILES string of the molecule is CCc1nc2ccc(C)cn2c1C(=O)NCc1ccccc1F. The first-order valence-corrected chi connectivity index (χ1v) is 7.59. The van der Waals surface area contributed by atoms with E-state index >= 15 is 0 Å². The molecule has 0 fully saturated rings. The van der Waals surface area contributed by atoms with E-state index in [-0.39, 0.29) is 18.3 Å². The lowest BCUT2D eigenvalue weighted by molar-refractivity contribution is 0.0943. The smallest absolute Gasteiger partial charge is 0.270 e. The molecule has 1 aromatic carbocycles. The molecule has 0 spiro atoms. The molecule has 0 aliphatic heterocycles. The fraction of sp³-hybridized carbons (Fsp3) is 0.222.